The molecular formula is C10H9O11-5. The zero-order valence-electron chi connectivity index (χ0n) is 10.4. The predicted octanol–water partition coefficient (Wildman–Crippen LogP) is -7.99. The van der Waals surface area contributed by atoms with Crippen molar-refractivity contribution in [3.8, 4) is 0 Å². The third-order valence-corrected chi connectivity index (χ3v) is 1.79. The number of rotatable bonds is 8. The Morgan fingerprint density at radius 2 is 0.952 bits per heavy atom. The standard InChI is InChI=1S/C6H8O7.C4H6O4/c7-3(8)1-6(13,5(11)12)2-4(9)10;5-3(6)1-2-4(7)8/h13H,1-2H2,(H,7,8)(H,9,10)(H,11,12);1-2H2,(H,5,6)(H,7,8)/p-5. The Kier molecular flexibility index (Phi) is 9.09. The van der Waals surface area contributed by atoms with Crippen LogP contribution in [0.3, 0.4) is 0 Å². The molecule has 0 unspecified atom stereocenters. The maximum atomic E-state index is 10.1. The fourth-order valence-electron chi connectivity index (χ4n) is 0.889. The SMILES string of the molecule is O=C([O-])CC(O)(CC(=O)[O-])C(=O)[O-].O=C([O-])CCC(=O)[O-]. The van der Waals surface area contributed by atoms with Crippen molar-refractivity contribution in [2.24, 2.45) is 0 Å². The third-order valence-electron chi connectivity index (χ3n) is 1.79. The van der Waals surface area contributed by atoms with E-state index in [4.69, 9.17) is 5.11 Å². The molecular weight excluding hydrogens is 296 g/mol. The highest BCUT2D eigenvalue weighted by Gasteiger charge is 2.29. The monoisotopic (exact) mass is 305 g/mol. The van der Waals surface area contributed by atoms with Gasteiger partial charge >= 0.3 is 0 Å². The van der Waals surface area contributed by atoms with Gasteiger partial charge in [0, 0.05) is 36.7 Å². The van der Waals surface area contributed by atoms with Gasteiger partial charge in [-0.2, -0.15) is 0 Å². The summed E-state index contributed by atoms with van der Waals surface area (Å²) >= 11 is 0. The summed E-state index contributed by atoms with van der Waals surface area (Å²) in [6.45, 7) is 0. The zero-order valence-corrected chi connectivity index (χ0v) is 10.4. The molecule has 0 aromatic carbocycles. The van der Waals surface area contributed by atoms with Crippen LogP contribution in [-0.4, -0.2) is 40.6 Å². The van der Waals surface area contributed by atoms with Gasteiger partial charge in [-0.15, -0.1) is 0 Å². The van der Waals surface area contributed by atoms with Crippen LogP contribution in [0, 0.1) is 0 Å². The molecule has 11 nitrogen and oxygen atoms in total. The summed E-state index contributed by atoms with van der Waals surface area (Å²) < 4.78 is 0. The Labute approximate surface area is 117 Å². The van der Waals surface area contributed by atoms with Crippen LogP contribution in [0.15, 0.2) is 0 Å². The molecule has 11 heteroatoms. The average Bonchev–Trinajstić information content (AvgIpc) is 2.24. The minimum absolute atomic E-state index is 0.470. The predicted molar refractivity (Wildman–Crippen MR) is 48.5 cm³/mol. The number of carbonyl (C=O) groups is 5. The number of carbonyl (C=O) groups excluding carboxylic acids is 5. The van der Waals surface area contributed by atoms with E-state index in [1.54, 1.807) is 0 Å². The summed E-state index contributed by atoms with van der Waals surface area (Å²) in [6, 6.07) is 0. The molecule has 0 aliphatic carbocycles. The van der Waals surface area contributed by atoms with Gasteiger partial charge in [0.25, 0.3) is 0 Å². The molecule has 0 rings (SSSR count). The summed E-state index contributed by atoms with van der Waals surface area (Å²) in [4.78, 5) is 49.0. The second-order valence-electron chi connectivity index (χ2n) is 3.66. The van der Waals surface area contributed by atoms with E-state index in [0.717, 1.165) is 0 Å². The molecule has 0 heterocycles. The average molecular weight is 305 g/mol. The van der Waals surface area contributed by atoms with Crippen molar-refractivity contribution in [2.75, 3.05) is 0 Å². The lowest BCUT2D eigenvalue weighted by Crippen LogP contribution is -2.54. The largest absolute Gasteiger partial charge is 0.550 e. The van der Waals surface area contributed by atoms with Crippen molar-refractivity contribution >= 4 is 29.8 Å². The summed E-state index contributed by atoms with van der Waals surface area (Å²) in [5.41, 5.74) is -2.97. The van der Waals surface area contributed by atoms with Crippen molar-refractivity contribution < 1.29 is 54.6 Å². The molecule has 0 radical (unpaired) electrons. The van der Waals surface area contributed by atoms with Gasteiger partial charge in [-0.25, -0.2) is 0 Å². The third kappa shape index (κ3) is 12.1. The minimum Gasteiger partial charge on any atom is -0.550 e. The number of aliphatic hydroxyl groups is 1. The van der Waals surface area contributed by atoms with Crippen LogP contribution in [0.25, 0.3) is 0 Å². The van der Waals surface area contributed by atoms with Crippen LogP contribution in [0.5, 0.6) is 0 Å². The lowest BCUT2D eigenvalue weighted by Gasteiger charge is -2.29. The smallest absolute Gasteiger partial charge is 0.114 e. The maximum absolute atomic E-state index is 10.1. The van der Waals surface area contributed by atoms with E-state index in [1.807, 2.05) is 0 Å². The topological polar surface area (TPSA) is 221 Å². The van der Waals surface area contributed by atoms with Crippen molar-refractivity contribution in [1.29, 1.82) is 0 Å². The fraction of sp³-hybridized carbons (Fsp3) is 0.500. The van der Waals surface area contributed by atoms with Gasteiger partial charge in [0.05, 0.1) is 5.97 Å². The van der Waals surface area contributed by atoms with Gasteiger partial charge in [-0.3, -0.25) is 0 Å². The van der Waals surface area contributed by atoms with E-state index in [-0.39, 0.29) is 0 Å². The molecule has 0 aliphatic rings. The van der Waals surface area contributed by atoms with Crippen molar-refractivity contribution in [2.45, 2.75) is 31.3 Å². The Bertz CT molecular complexity index is 395. The van der Waals surface area contributed by atoms with Crippen LogP contribution in [0.1, 0.15) is 25.7 Å². The number of hydrogen-bond acceptors (Lipinski definition) is 11. The first-order valence-electron chi connectivity index (χ1n) is 5.14. The molecule has 0 bridgehead atoms. The lowest BCUT2D eigenvalue weighted by molar-refractivity contribution is -0.339. The number of carboxylic acid groups (broad SMARTS) is 5. The summed E-state index contributed by atoms with van der Waals surface area (Å²) in [5.74, 6) is -8.72. The molecule has 1 N–H and O–H groups in total. The molecule has 0 aromatic heterocycles. The molecule has 0 atom stereocenters. The molecule has 0 aliphatic heterocycles. The lowest BCUT2D eigenvalue weighted by atomic mass is 9.96. The van der Waals surface area contributed by atoms with Crippen molar-refractivity contribution in [3.63, 3.8) is 0 Å². The van der Waals surface area contributed by atoms with Gasteiger partial charge in [0.1, 0.15) is 5.60 Å². The van der Waals surface area contributed by atoms with Crippen LogP contribution in [0.4, 0.5) is 0 Å². The Morgan fingerprint density at radius 1 is 0.667 bits per heavy atom. The molecule has 0 saturated carbocycles. The normalized spacial score (nSPS) is 9.95. The molecule has 0 spiro atoms. The van der Waals surface area contributed by atoms with Gasteiger partial charge in [-0.05, 0) is 12.8 Å². The fourth-order valence-corrected chi connectivity index (χ4v) is 0.889. The van der Waals surface area contributed by atoms with E-state index in [2.05, 4.69) is 0 Å². The highest BCUT2D eigenvalue weighted by molar-refractivity contribution is 5.86. The second kappa shape index (κ2) is 9.25. The number of aliphatic carboxylic acids is 5. The van der Waals surface area contributed by atoms with Crippen molar-refractivity contribution in [3.05, 3.63) is 0 Å². The molecule has 0 aromatic rings. The van der Waals surface area contributed by atoms with Crippen molar-refractivity contribution in [1.82, 2.24) is 0 Å². The van der Waals surface area contributed by atoms with Crippen LogP contribution in [-0.2, 0) is 24.0 Å². The van der Waals surface area contributed by atoms with E-state index in [0.29, 0.717) is 0 Å². The molecule has 21 heavy (non-hydrogen) atoms. The molecule has 120 valence electrons. The van der Waals surface area contributed by atoms with Crippen LogP contribution < -0.4 is 25.5 Å². The second-order valence-corrected chi connectivity index (χ2v) is 3.66. The highest BCUT2D eigenvalue weighted by atomic mass is 16.4. The summed E-state index contributed by atoms with van der Waals surface area (Å²) in [6.07, 6.45) is -3.66. The zero-order chi connectivity index (χ0) is 17.2. The van der Waals surface area contributed by atoms with Gasteiger partial charge in [0.2, 0.25) is 0 Å². The summed E-state index contributed by atoms with van der Waals surface area (Å²) in [5, 5.41) is 57.9. The molecule has 0 fully saturated rings. The first kappa shape index (κ1) is 20.6. The molecule has 0 saturated heterocycles. The van der Waals surface area contributed by atoms with Gasteiger partial charge < -0.3 is 54.6 Å². The Hall–Kier alpha value is -2.69. The van der Waals surface area contributed by atoms with Crippen LogP contribution >= 0.6 is 0 Å². The van der Waals surface area contributed by atoms with E-state index < -0.39 is 61.1 Å². The maximum Gasteiger partial charge on any atom is 0.114 e. The van der Waals surface area contributed by atoms with Gasteiger partial charge in [0.15, 0.2) is 0 Å². The molecule has 0 amide bonds. The Morgan fingerprint density at radius 3 is 1.10 bits per heavy atom. The van der Waals surface area contributed by atoms with E-state index >= 15 is 0 Å². The Balaban J connectivity index is 0. The van der Waals surface area contributed by atoms with E-state index in [9.17, 15) is 49.5 Å². The van der Waals surface area contributed by atoms with Gasteiger partial charge in [-0.1, -0.05) is 0 Å². The first-order valence-corrected chi connectivity index (χ1v) is 5.14. The quantitative estimate of drug-likeness (QED) is 0.443. The number of carboxylic acids is 5. The number of hydrogen-bond donors (Lipinski definition) is 1. The highest BCUT2D eigenvalue weighted by Crippen LogP contribution is 2.13. The first-order chi connectivity index (χ1) is 9.40. The minimum atomic E-state index is -2.97. The van der Waals surface area contributed by atoms with Crippen LogP contribution in [0.2, 0.25) is 0 Å². The van der Waals surface area contributed by atoms with E-state index in [1.165, 1.54) is 0 Å². The summed E-state index contributed by atoms with van der Waals surface area (Å²) in [7, 11) is 0.